The van der Waals surface area contributed by atoms with Gasteiger partial charge in [-0.15, -0.1) is 11.3 Å². The fourth-order valence-corrected chi connectivity index (χ4v) is 4.53. The summed E-state index contributed by atoms with van der Waals surface area (Å²) >= 11 is 17.3. The second-order valence-corrected chi connectivity index (χ2v) is 7.45. The summed E-state index contributed by atoms with van der Waals surface area (Å²) in [6.45, 7) is 0. The standard InChI is InChI=1S/C15H9BrCl2S/c16-14(12-8-13(17)19-15(12)18)11-6-5-9-3-1-2-4-10(9)7-11/h1-8,14H. The first-order valence-electron chi connectivity index (χ1n) is 5.72. The van der Waals surface area contributed by atoms with Gasteiger partial charge in [-0.2, -0.15) is 0 Å². The molecule has 19 heavy (non-hydrogen) atoms. The Kier molecular flexibility index (Phi) is 3.86. The van der Waals surface area contributed by atoms with Gasteiger partial charge < -0.3 is 0 Å². The number of halogens is 3. The second-order valence-electron chi connectivity index (χ2n) is 4.25. The Labute approximate surface area is 134 Å². The van der Waals surface area contributed by atoms with Gasteiger partial charge in [0.2, 0.25) is 0 Å². The highest BCUT2D eigenvalue weighted by atomic mass is 79.9. The fourth-order valence-electron chi connectivity index (χ4n) is 2.07. The van der Waals surface area contributed by atoms with E-state index in [1.807, 2.05) is 18.2 Å². The van der Waals surface area contributed by atoms with Crippen LogP contribution in [0.1, 0.15) is 16.0 Å². The van der Waals surface area contributed by atoms with Crippen molar-refractivity contribution in [3.8, 4) is 0 Å². The molecule has 0 spiro atoms. The molecule has 0 bridgehead atoms. The first kappa shape index (κ1) is 13.4. The van der Waals surface area contributed by atoms with Crippen LogP contribution in [-0.4, -0.2) is 0 Å². The molecule has 0 fully saturated rings. The van der Waals surface area contributed by atoms with E-state index in [4.69, 9.17) is 23.2 Å². The minimum Gasteiger partial charge on any atom is -0.111 e. The van der Waals surface area contributed by atoms with Crippen molar-refractivity contribution in [2.45, 2.75) is 4.83 Å². The minimum absolute atomic E-state index is 0.0633. The molecule has 96 valence electrons. The number of benzene rings is 2. The Morgan fingerprint density at radius 3 is 2.37 bits per heavy atom. The first-order chi connectivity index (χ1) is 9.15. The van der Waals surface area contributed by atoms with Crippen molar-refractivity contribution in [3.05, 3.63) is 68.3 Å². The van der Waals surface area contributed by atoms with Gasteiger partial charge in [0.05, 0.1) is 13.5 Å². The Bertz CT molecular complexity index is 736. The third-order valence-electron chi connectivity index (χ3n) is 3.02. The van der Waals surface area contributed by atoms with Crippen molar-refractivity contribution < 1.29 is 0 Å². The molecule has 0 saturated carbocycles. The number of thiophene rings is 1. The molecule has 1 heterocycles. The lowest BCUT2D eigenvalue weighted by Gasteiger charge is -2.10. The molecule has 3 rings (SSSR count). The quantitative estimate of drug-likeness (QED) is 0.440. The number of alkyl halides is 1. The van der Waals surface area contributed by atoms with E-state index < -0.39 is 0 Å². The average molecular weight is 372 g/mol. The zero-order chi connectivity index (χ0) is 13.4. The molecule has 0 amide bonds. The lowest BCUT2D eigenvalue weighted by Crippen LogP contribution is -1.91. The summed E-state index contributed by atoms with van der Waals surface area (Å²) in [6, 6.07) is 16.6. The van der Waals surface area contributed by atoms with Gasteiger partial charge >= 0.3 is 0 Å². The summed E-state index contributed by atoms with van der Waals surface area (Å²) < 4.78 is 1.45. The third-order valence-corrected chi connectivity index (χ3v) is 5.56. The van der Waals surface area contributed by atoms with Crippen LogP contribution in [0.5, 0.6) is 0 Å². The van der Waals surface area contributed by atoms with E-state index in [0.717, 1.165) is 9.90 Å². The van der Waals surface area contributed by atoms with Crippen molar-refractivity contribution in [1.29, 1.82) is 0 Å². The maximum Gasteiger partial charge on any atom is 0.0990 e. The first-order valence-corrected chi connectivity index (χ1v) is 8.21. The van der Waals surface area contributed by atoms with Gasteiger partial charge in [-0.25, -0.2) is 0 Å². The molecule has 0 nitrogen and oxygen atoms in total. The number of hydrogen-bond acceptors (Lipinski definition) is 1. The van der Waals surface area contributed by atoms with Gasteiger partial charge in [0, 0.05) is 5.56 Å². The van der Waals surface area contributed by atoms with Gasteiger partial charge in [0.15, 0.2) is 0 Å². The molecule has 4 heteroatoms. The molecule has 0 N–H and O–H groups in total. The van der Waals surface area contributed by atoms with Crippen LogP contribution in [0.3, 0.4) is 0 Å². The van der Waals surface area contributed by atoms with E-state index in [2.05, 4.69) is 46.3 Å². The molecule has 0 saturated heterocycles. The Morgan fingerprint density at radius 1 is 0.947 bits per heavy atom. The lowest BCUT2D eigenvalue weighted by molar-refractivity contribution is 1.20. The monoisotopic (exact) mass is 370 g/mol. The Morgan fingerprint density at radius 2 is 1.68 bits per heavy atom. The highest BCUT2D eigenvalue weighted by molar-refractivity contribution is 9.09. The molecule has 0 radical (unpaired) electrons. The topological polar surface area (TPSA) is 0 Å². The molecule has 0 aliphatic heterocycles. The highest BCUT2D eigenvalue weighted by Gasteiger charge is 2.17. The zero-order valence-electron chi connectivity index (χ0n) is 9.74. The van der Waals surface area contributed by atoms with E-state index >= 15 is 0 Å². The molecule has 1 atom stereocenters. The molecular formula is C15H9BrCl2S. The van der Waals surface area contributed by atoms with Crippen molar-refractivity contribution in [1.82, 2.24) is 0 Å². The van der Waals surface area contributed by atoms with Crippen LogP contribution < -0.4 is 0 Å². The molecule has 0 aliphatic rings. The highest BCUT2D eigenvalue weighted by Crippen LogP contribution is 2.42. The maximum absolute atomic E-state index is 6.21. The lowest BCUT2D eigenvalue weighted by atomic mass is 10.0. The summed E-state index contributed by atoms with van der Waals surface area (Å²) in [5.41, 5.74) is 2.20. The largest absolute Gasteiger partial charge is 0.111 e. The van der Waals surface area contributed by atoms with Crippen LogP contribution in [-0.2, 0) is 0 Å². The summed E-state index contributed by atoms with van der Waals surface area (Å²) in [5, 5.41) is 2.46. The van der Waals surface area contributed by atoms with Gasteiger partial charge in [-0.3, -0.25) is 0 Å². The van der Waals surface area contributed by atoms with Crippen molar-refractivity contribution in [3.63, 3.8) is 0 Å². The van der Waals surface area contributed by atoms with Crippen LogP contribution in [0.25, 0.3) is 10.8 Å². The van der Waals surface area contributed by atoms with Gasteiger partial charge in [-0.05, 0) is 28.5 Å². The van der Waals surface area contributed by atoms with Crippen molar-refractivity contribution in [2.75, 3.05) is 0 Å². The fraction of sp³-hybridized carbons (Fsp3) is 0.0667. The SMILES string of the molecule is Clc1cc(C(Br)c2ccc3ccccc3c2)c(Cl)s1. The summed E-state index contributed by atoms with van der Waals surface area (Å²) in [6.07, 6.45) is 0. The molecule has 1 unspecified atom stereocenters. The molecular weight excluding hydrogens is 363 g/mol. The average Bonchev–Trinajstić information content (AvgIpc) is 2.76. The van der Waals surface area contributed by atoms with Gasteiger partial charge in [0.1, 0.15) is 0 Å². The van der Waals surface area contributed by atoms with Crippen molar-refractivity contribution >= 4 is 61.2 Å². The summed E-state index contributed by atoms with van der Waals surface area (Å²) in [4.78, 5) is 0.0633. The minimum atomic E-state index is 0.0633. The van der Waals surface area contributed by atoms with Crippen LogP contribution in [0, 0.1) is 0 Å². The molecule has 2 aromatic carbocycles. The van der Waals surface area contributed by atoms with E-state index in [1.54, 1.807) is 0 Å². The summed E-state index contributed by atoms with van der Waals surface area (Å²) in [7, 11) is 0. The zero-order valence-corrected chi connectivity index (χ0v) is 13.7. The van der Waals surface area contributed by atoms with E-state index in [0.29, 0.717) is 4.34 Å². The predicted octanol–water partition coefficient (Wildman–Crippen LogP) is 6.69. The number of fused-ring (bicyclic) bond motifs is 1. The molecule has 1 aromatic heterocycles. The van der Waals surface area contributed by atoms with E-state index in [1.165, 1.54) is 27.7 Å². The van der Waals surface area contributed by atoms with Crippen LogP contribution >= 0.6 is 50.5 Å². The van der Waals surface area contributed by atoms with Gasteiger partial charge in [-0.1, -0.05) is 75.5 Å². The normalized spacial score (nSPS) is 12.8. The van der Waals surface area contributed by atoms with Crippen LogP contribution in [0.2, 0.25) is 8.67 Å². The predicted molar refractivity (Wildman–Crippen MR) is 89.1 cm³/mol. The molecule has 3 aromatic rings. The van der Waals surface area contributed by atoms with E-state index in [-0.39, 0.29) is 4.83 Å². The van der Waals surface area contributed by atoms with Crippen LogP contribution in [0.4, 0.5) is 0 Å². The van der Waals surface area contributed by atoms with E-state index in [9.17, 15) is 0 Å². The van der Waals surface area contributed by atoms with Gasteiger partial charge in [0.25, 0.3) is 0 Å². The number of hydrogen-bond donors (Lipinski definition) is 0. The smallest absolute Gasteiger partial charge is 0.0990 e. The third kappa shape index (κ3) is 2.68. The second kappa shape index (κ2) is 5.45. The molecule has 0 aliphatic carbocycles. The summed E-state index contributed by atoms with van der Waals surface area (Å²) in [5.74, 6) is 0. The Hall–Kier alpha value is -0.540. The van der Waals surface area contributed by atoms with Crippen molar-refractivity contribution in [2.24, 2.45) is 0 Å². The number of rotatable bonds is 2. The Balaban J connectivity index is 2.06. The maximum atomic E-state index is 6.21. The van der Waals surface area contributed by atoms with Crippen LogP contribution in [0.15, 0.2) is 48.5 Å².